The minimum atomic E-state index is -0.0781. The van der Waals surface area contributed by atoms with Gasteiger partial charge in [0.1, 0.15) is 23.5 Å². The second kappa shape index (κ2) is 6.81. The van der Waals surface area contributed by atoms with E-state index in [1.54, 1.807) is 13.2 Å². The molecule has 1 aliphatic carbocycles. The number of nitrogens with two attached hydrogens (primary N) is 1. The van der Waals surface area contributed by atoms with Gasteiger partial charge in [0.25, 0.3) is 0 Å². The maximum Gasteiger partial charge on any atom is 0.132 e. The minimum Gasteiger partial charge on any atom is -0.488 e. The van der Waals surface area contributed by atoms with E-state index in [4.69, 9.17) is 20.6 Å². The van der Waals surface area contributed by atoms with Gasteiger partial charge in [0, 0.05) is 37.5 Å². The van der Waals surface area contributed by atoms with E-state index in [1.807, 2.05) is 18.2 Å². The van der Waals surface area contributed by atoms with Crippen molar-refractivity contribution in [3.63, 3.8) is 0 Å². The lowest BCUT2D eigenvalue weighted by atomic mass is 10.0. The van der Waals surface area contributed by atoms with Crippen molar-refractivity contribution in [2.75, 3.05) is 30.8 Å². The fourth-order valence-electron chi connectivity index (χ4n) is 3.30. The quantitative estimate of drug-likeness (QED) is 0.602. The molecule has 1 aromatic heterocycles. The van der Waals surface area contributed by atoms with Gasteiger partial charge in [-0.15, -0.1) is 0 Å². The van der Waals surface area contributed by atoms with Crippen LogP contribution in [0.3, 0.4) is 0 Å². The van der Waals surface area contributed by atoms with Crippen LogP contribution >= 0.6 is 0 Å². The first kappa shape index (κ1) is 17.7. The molecule has 3 N–H and O–H groups in total. The summed E-state index contributed by atoms with van der Waals surface area (Å²) in [7, 11) is 1.73. The third-order valence-electron chi connectivity index (χ3n) is 5.32. The zero-order valence-corrected chi connectivity index (χ0v) is 15.7. The third kappa shape index (κ3) is 3.73. The Labute approximate surface area is 159 Å². The van der Waals surface area contributed by atoms with Crippen molar-refractivity contribution < 1.29 is 9.47 Å². The molecule has 1 aliphatic heterocycles. The average molecular weight is 367 g/mol. The zero-order chi connectivity index (χ0) is 19.0. The number of methoxy groups -OCH3 is 1. The molecule has 2 fully saturated rings. The predicted molar refractivity (Wildman–Crippen MR) is 105 cm³/mol. The Balaban J connectivity index is 1.57. The van der Waals surface area contributed by atoms with Gasteiger partial charge in [-0.05, 0) is 44.4 Å². The number of anilines is 2. The lowest BCUT2D eigenvalue weighted by Gasteiger charge is -2.18. The highest BCUT2D eigenvalue weighted by molar-refractivity contribution is 6.13. The van der Waals surface area contributed by atoms with Crippen LogP contribution < -0.4 is 15.4 Å². The highest BCUT2D eigenvalue weighted by Gasteiger charge is 2.40. The van der Waals surface area contributed by atoms with Gasteiger partial charge in [-0.3, -0.25) is 5.41 Å². The maximum atomic E-state index is 8.63. The molecule has 0 spiro atoms. The normalized spacial score (nSPS) is 20.5. The number of ether oxygens (including phenoxy) is 2. The van der Waals surface area contributed by atoms with Crippen LogP contribution in [-0.4, -0.2) is 47.6 Å². The van der Waals surface area contributed by atoms with E-state index < -0.39 is 0 Å². The summed E-state index contributed by atoms with van der Waals surface area (Å²) in [6.45, 7) is 3.77. The third-order valence-corrected chi connectivity index (χ3v) is 5.32. The number of nitrogens with zero attached hydrogens (tertiary/aromatic N) is 3. The number of aromatic nitrogens is 2. The van der Waals surface area contributed by atoms with E-state index in [9.17, 15) is 0 Å². The standard InChI is InChI=1S/C20H25N5O2/c1-20(6-7-20)27-13-3-4-16(21)15(9-13)19(22)17-10-18(24-12-23-17)25-8-5-14(11-25)26-2/h3-4,9-10,12,14,22H,5-8,11,21H2,1-2H3. The summed E-state index contributed by atoms with van der Waals surface area (Å²) in [6.07, 6.45) is 4.80. The second-order valence-corrected chi connectivity index (χ2v) is 7.53. The number of hydrogen-bond acceptors (Lipinski definition) is 7. The Kier molecular flexibility index (Phi) is 4.47. The van der Waals surface area contributed by atoms with Gasteiger partial charge >= 0.3 is 0 Å². The first-order chi connectivity index (χ1) is 13.0. The number of nitrogens with one attached hydrogen (secondary N) is 1. The fraction of sp³-hybridized carbons (Fsp3) is 0.450. The van der Waals surface area contributed by atoms with Gasteiger partial charge in [0.2, 0.25) is 0 Å². The molecule has 0 radical (unpaired) electrons. The van der Waals surface area contributed by atoms with Crippen molar-refractivity contribution >= 4 is 17.2 Å². The molecule has 2 heterocycles. The SMILES string of the molecule is COC1CCN(c2cc(C(=N)c3cc(OC4(C)CC4)ccc3N)ncn2)C1. The van der Waals surface area contributed by atoms with Gasteiger partial charge in [0.15, 0.2) is 0 Å². The van der Waals surface area contributed by atoms with Gasteiger partial charge in [-0.1, -0.05) is 0 Å². The fourth-order valence-corrected chi connectivity index (χ4v) is 3.30. The van der Waals surface area contributed by atoms with E-state index >= 15 is 0 Å². The average Bonchev–Trinajstić information content (AvgIpc) is 3.21. The summed E-state index contributed by atoms with van der Waals surface area (Å²) in [4.78, 5) is 10.8. The Morgan fingerprint density at radius 2 is 2.11 bits per heavy atom. The summed E-state index contributed by atoms with van der Waals surface area (Å²) < 4.78 is 11.4. The molecule has 7 heteroatoms. The van der Waals surface area contributed by atoms with Crippen LogP contribution in [-0.2, 0) is 4.74 Å². The summed E-state index contributed by atoms with van der Waals surface area (Å²) in [5, 5.41) is 8.63. The predicted octanol–water partition coefficient (Wildman–Crippen LogP) is 2.63. The Hall–Kier alpha value is -2.67. The highest BCUT2D eigenvalue weighted by Crippen LogP contribution is 2.40. The second-order valence-electron chi connectivity index (χ2n) is 7.53. The highest BCUT2D eigenvalue weighted by atomic mass is 16.5. The van der Waals surface area contributed by atoms with Crippen LogP contribution in [0.4, 0.5) is 11.5 Å². The van der Waals surface area contributed by atoms with Crippen LogP contribution in [0.25, 0.3) is 0 Å². The molecule has 1 saturated carbocycles. The lowest BCUT2D eigenvalue weighted by Crippen LogP contribution is -2.23. The molecular weight excluding hydrogens is 342 g/mol. The maximum absolute atomic E-state index is 8.63. The van der Waals surface area contributed by atoms with E-state index in [2.05, 4.69) is 21.8 Å². The van der Waals surface area contributed by atoms with Crippen LogP contribution in [0, 0.1) is 5.41 Å². The van der Waals surface area contributed by atoms with E-state index in [-0.39, 0.29) is 17.4 Å². The minimum absolute atomic E-state index is 0.0781. The number of nitrogen functional groups attached to an aromatic ring is 1. The molecule has 1 aromatic carbocycles. The lowest BCUT2D eigenvalue weighted by molar-refractivity contribution is 0.121. The molecule has 2 aromatic rings. The molecule has 1 saturated heterocycles. The molecule has 2 aliphatic rings. The van der Waals surface area contributed by atoms with Crippen molar-refractivity contribution in [2.45, 2.75) is 37.9 Å². The van der Waals surface area contributed by atoms with Crippen molar-refractivity contribution in [3.05, 3.63) is 41.9 Å². The van der Waals surface area contributed by atoms with E-state index in [1.165, 1.54) is 6.33 Å². The van der Waals surface area contributed by atoms with Crippen molar-refractivity contribution in [2.24, 2.45) is 0 Å². The monoisotopic (exact) mass is 367 g/mol. The first-order valence-electron chi connectivity index (χ1n) is 9.25. The molecule has 142 valence electrons. The van der Waals surface area contributed by atoms with E-state index in [0.29, 0.717) is 16.9 Å². The summed E-state index contributed by atoms with van der Waals surface area (Å²) in [6, 6.07) is 7.32. The van der Waals surface area contributed by atoms with Crippen LogP contribution in [0.1, 0.15) is 37.4 Å². The Morgan fingerprint density at radius 1 is 1.30 bits per heavy atom. The molecule has 0 amide bonds. The summed E-state index contributed by atoms with van der Waals surface area (Å²) in [5.41, 5.74) is 8.03. The summed E-state index contributed by atoms with van der Waals surface area (Å²) in [5.74, 6) is 1.54. The van der Waals surface area contributed by atoms with Gasteiger partial charge in [0.05, 0.1) is 17.5 Å². The van der Waals surface area contributed by atoms with Crippen LogP contribution in [0.5, 0.6) is 5.75 Å². The molecule has 0 bridgehead atoms. The van der Waals surface area contributed by atoms with E-state index in [0.717, 1.165) is 43.9 Å². The Bertz CT molecular complexity index is 865. The van der Waals surface area contributed by atoms with Crippen molar-refractivity contribution in [1.29, 1.82) is 5.41 Å². The van der Waals surface area contributed by atoms with Crippen molar-refractivity contribution in [1.82, 2.24) is 9.97 Å². The molecule has 1 atom stereocenters. The number of benzene rings is 1. The van der Waals surface area contributed by atoms with Gasteiger partial charge < -0.3 is 20.1 Å². The molecule has 7 nitrogen and oxygen atoms in total. The van der Waals surface area contributed by atoms with Crippen LogP contribution in [0.15, 0.2) is 30.6 Å². The van der Waals surface area contributed by atoms with Crippen molar-refractivity contribution in [3.8, 4) is 5.75 Å². The van der Waals surface area contributed by atoms with Gasteiger partial charge in [-0.2, -0.15) is 0 Å². The number of rotatable bonds is 6. The van der Waals surface area contributed by atoms with Crippen LogP contribution in [0.2, 0.25) is 0 Å². The topological polar surface area (TPSA) is 97.3 Å². The smallest absolute Gasteiger partial charge is 0.132 e. The molecule has 1 unspecified atom stereocenters. The summed E-state index contributed by atoms with van der Waals surface area (Å²) >= 11 is 0. The first-order valence-corrected chi connectivity index (χ1v) is 9.25. The molecule has 27 heavy (non-hydrogen) atoms. The number of hydrogen-bond donors (Lipinski definition) is 2. The largest absolute Gasteiger partial charge is 0.488 e. The molecular formula is C20H25N5O2. The molecule has 4 rings (SSSR count). The zero-order valence-electron chi connectivity index (χ0n) is 15.7. The Morgan fingerprint density at radius 3 is 2.81 bits per heavy atom. The van der Waals surface area contributed by atoms with Gasteiger partial charge in [-0.25, -0.2) is 9.97 Å².